The number of rotatable bonds is 14. The van der Waals surface area contributed by atoms with Gasteiger partial charge >= 0.3 is 0 Å². The van der Waals surface area contributed by atoms with Crippen molar-refractivity contribution in [3.63, 3.8) is 0 Å². The Morgan fingerprint density at radius 3 is 2.33 bits per heavy atom. The Balaban J connectivity index is 1.13. The Labute approximate surface area is 293 Å². The number of thiazole rings is 1. The number of nitrogens with one attached hydrogen (secondary N) is 2. The summed E-state index contributed by atoms with van der Waals surface area (Å²) in [6.45, 7) is 0.377. The lowest BCUT2D eigenvalue weighted by atomic mass is 9.97. The molecule has 1 aliphatic heterocycles. The summed E-state index contributed by atoms with van der Waals surface area (Å²) in [5.74, 6) is 0.201. The van der Waals surface area contributed by atoms with E-state index in [9.17, 15) is 14.7 Å². The molecule has 1 aliphatic rings. The second kappa shape index (κ2) is 17.0. The fourth-order valence-corrected chi connectivity index (χ4v) is 7.90. The first-order chi connectivity index (χ1) is 24.0. The smallest absolute Gasteiger partial charge is 0.243 e. The highest BCUT2D eigenvalue weighted by molar-refractivity contribution is 8.01. The summed E-state index contributed by atoms with van der Waals surface area (Å²) in [5, 5.41) is 21.1. The van der Waals surface area contributed by atoms with Crippen molar-refractivity contribution in [2.24, 2.45) is 0 Å². The van der Waals surface area contributed by atoms with Gasteiger partial charge in [-0.15, -0.1) is 11.3 Å². The summed E-state index contributed by atoms with van der Waals surface area (Å²) in [5.41, 5.74) is 8.46. The van der Waals surface area contributed by atoms with Crippen molar-refractivity contribution in [3.8, 4) is 11.1 Å². The van der Waals surface area contributed by atoms with Crippen LogP contribution < -0.4 is 10.8 Å². The van der Waals surface area contributed by atoms with E-state index in [0.717, 1.165) is 49.0 Å². The lowest BCUT2D eigenvalue weighted by Crippen LogP contribution is -2.31. The zero-order valence-corrected chi connectivity index (χ0v) is 28.6. The molecule has 0 radical (unpaired) electrons. The number of hydrogen-bond acceptors (Lipinski definition) is 9. The Morgan fingerprint density at radius 2 is 1.57 bits per heavy atom. The second-order valence-electron chi connectivity index (χ2n) is 11.9. The molecule has 49 heavy (non-hydrogen) atoms. The van der Waals surface area contributed by atoms with Crippen LogP contribution in [0.15, 0.2) is 101 Å². The average molecular weight is 698 g/mol. The number of unbranched alkanes of at least 4 members (excludes halogenated alkanes) is 1. The number of aliphatic hydroxyl groups is 1. The number of benzene rings is 4. The van der Waals surface area contributed by atoms with E-state index in [0.29, 0.717) is 32.2 Å². The number of hydrogen-bond donors (Lipinski definition) is 4. The third kappa shape index (κ3) is 9.33. The molecule has 0 bridgehead atoms. The molecule has 5 aromatic rings. The molecule has 9 nitrogen and oxygen atoms in total. The maximum Gasteiger partial charge on any atom is 0.243 e. The molecule has 1 saturated heterocycles. The van der Waals surface area contributed by atoms with Crippen LogP contribution in [0.1, 0.15) is 66.8 Å². The number of aliphatic hydroxyl groups excluding tert-OH is 1. The van der Waals surface area contributed by atoms with Gasteiger partial charge in [-0.2, -0.15) is 0 Å². The van der Waals surface area contributed by atoms with Crippen molar-refractivity contribution >= 4 is 45.1 Å². The van der Waals surface area contributed by atoms with Crippen LogP contribution in [0.3, 0.4) is 0 Å². The molecule has 4 aromatic carbocycles. The molecule has 0 saturated carbocycles. The van der Waals surface area contributed by atoms with Crippen LogP contribution in [0.4, 0.5) is 0 Å². The summed E-state index contributed by atoms with van der Waals surface area (Å²) in [6.07, 6.45) is 1.45. The normalized spacial score (nSPS) is 17.6. The van der Waals surface area contributed by atoms with E-state index in [1.807, 2.05) is 78.9 Å². The first-order valence-corrected chi connectivity index (χ1v) is 18.2. The Hall–Kier alpha value is -4.10. The third-order valence-electron chi connectivity index (χ3n) is 8.45. The number of ether oxygens (including phenoxy) is 2. The third-order valence-corrected chi connectivity index (χ3v) is 10.8. The molecule has 1 aromatic heterocycles. The number of para-hydroxylation sites is 1. The molecule has 254 valence electrons. The quantitative estimate of drug-likeness (QED) is 0.0407. The van der Waals surface area contributed by atoms with Gasteiger partial charge in [-0.25, -0.2) is 10.5 Å². The zero-order valence-electron chi connectivity index (χ0n) is 26.9. The molecule has 4 N–H and O–H groups in total. The standard InChI is InChI=1S/C38H39N3O6S2/c42-23-25-13-15-27(16-14-25)33-21-30(24-48-38-40-32-9-3-4-10-34(32)49-38)46-37(47-33)28-19-17-26(18-20-28)31-8-2-1-7-29(31)22-39-35(43)11-5-6-12-36(44)41-45/h1-4,7-10,13-20,30,33,37,42,45H,5-6,11-12,21-24H2,(H,39,43)(H,41,44)/t30-,33+,37+/m1/s1. The van der Waals surface area contributed by atoms with Crippen molar-refractivity contribution in [1.82, 2.24) is 15.8 Å². The Bertz CT molecular complexity index is 1810. The topological polar surface area (TPSA) is 130 Å². The SMILES string of the molecule is O=C(CCCCC(=O)NCc1ccccc1-c1ccc([C@H]2O[C@@H](CSc3nc4ccccc4s3)C[C@@H](c3ccc(CO)cc3)O2)cc1)NO. The van der Waals surface area contributed by atoms with Gasteiger partial charge in [0.2, 0.25) is 11.8 Å². The lowest BCUT2D eigenvalue weighted by Gasteiger charge is -2.36. The lowest BCUT2D eigenvalue weighted by molar-refractivity contribution is -0.245. The molecule has 2 heterocycles. The summed E-state index contributed by atoms with van der Waals surface area (Å²) in [4.78, 5) is 28.4. The van der Waals surface area contributed by atoms with Gasteiger partial charge < -0.3 is 19.9 Å². The van der Waals surface area contributed by atoms with Gasteiger partial charge in [0.05, 0.1) is 29.0 Å². The zero-order chi connectivity index (χ0) is 34.0. The van der Waals surface area contributed by atoms with Crippen molar-refractivity contribution in [2.75, 3.05) is 5.75 Å². The van der Waals surface area contributed by atoms with Gasteiger partial charge in [0.15, 0.2) is 10.6 Å². The van der Waals surface area contributed by atoms with Crippen LogP contribution in [0.25, 0.3) is 21.3 Å². The fraction of sp³-hybridized carbons (Fsp3) is 0.289. The van der Waals surface area contributed by atoms with Crippen molar-refractivity contribution in [2.45, 2.75) is 68.1 Å². The number of carbonyl (C=O) groups excluding carboxylic acids is 2. The van der Waals surface area contributed by atoms with Crippen LogP contribution in [-0.2, 0) is 32.2 Å². The van der Waals surface area contributed by atoms with Gasteiger partial charge in [-0.05, 0) is 52.8 Å². The minimum Gasteiger partial charge on any atom is -0.392 e. The molecule has 6 rings (SSSR count). The number of hydroxylamine groups is 1. The highest BCUT2D eigenvalue weighted by atomic mass is 32.2. The molecule has 3 atom stereocenters. The molecule has 0 aliphatic carbocycles. The van der Waals surface area contributed by atoms with E-state index in [2.05, 4.69) is 23.5 Å². The number of nitrogens with zero attached hydrogens (tertiary/aromatic N) is 1. The fourth-order valence-electron chi connectivity index (χ4n) is 5.78. The van der Waals surface area contributed by atoms with Gasteiger partial charge in [0, 0.05) is 37.1 Å². The maximum atomic E-state index is 12.4. The number of carbonyl (C=O) groups is 2. The summed E-state index contributed by atoms with van der Waals surface area (Å²) < 4.78 is 15.3. The van der Waals surface area contributed by atoms with Gasteiger partial charge in [0.1, 0.15) is 0 Å². The Morgan fingerprint density at radius 1 is 0.857 bits per heavy atom. The van der Waals surface area contributed by atoms with E-state index in [-0.39, 0.29) is 31.1 Å². The second-order valence-corrected chi connectivity index (χ2v) is 14.2. The maximum absolute atomic E-state index is 12.4. The largest absolute Gasteiger partial charge is 0.392 e. The molecular weight excluding hydrogens is 659 g/mol. The van der Waals surface area contributed by atoms with Crippen molar-refractivity contribution < 1.29 is 29.4 Å². The number of aromatic nitrogens is 1. The van der Waals surface area contributed by atoms with Crippen molar-refractivity contribution in [3.05, 3.63) is 119 Å². The first kappa shape index (κ1) is 34.8. The van der Waals surface area contributed by atoms with E-state index in [1.165, 1.54) is 4.70 Å². The average Bonchev–Trinajstić information content (AvgIpc) is 3.58. The van der Waals surface area contributed by atoms with Crippen LogP contribution in [0, 0.1) is 0 Å². The molecule has 1 fully saturated rings. The van der Waals surface area contributed by atoms with Crippen LogP contribution in [-0.4, -0.2) is 39.0 Å². The molecule has 0 spiro atoms. The minimum absolute atomic E-state index is 0.00574. The minimum atomic E-state index is -0.565. The highest BCUT2D eigenvalue weighted by Crippen LogP contribution is 2.40. The van der Waals surface area contributed by atoms with E-state index < -0.39 is 12.2 Å². The van der Waals surface area contributed by atoms with Crippen LogP contribution >= 0.6 is 23.1 Å². The van der Waals surface area contributed by atoms with Gasteiger partial charge in [0.25, 0.3) is 0 Å². The first-order valence-electron chi connectivity index (χ1n) is 16.4. The van der Waals surface area contributed by atoms with Crippen molar-refractivity contribution in [1.29, 1.82) is 0 Å². The molecular formula is C38H39N3O6S2. The molecule has 11 heteroatoms. The molecule has 2 amide bonds. The van der Waals surface area contributed by atoms with E-state index in [1.54, 1.807) is 28.6 Å². The van der Waals surface area contributed by atoms with Crippen LogP contribution in [0.5, 0.6) is 0 Å². The van der Waals surface area contributed by atoms with E-state index in [4.69, 9.17) is 19.7 Å². The van der Waals surface area contributed by atoms with Crippen LogP contribution in [0.2, 0.25) is 0 Å². The summed E-state index contributed by atoms with van der Waals surface area (Å²) >= 11 is 3.40. The summed E-state index contributed by atoms with van der Waals surface area (Å²) in [6, 6.07) is 32.2. The number of thioether (sulfide) groups is 1. The van der Waals surface area contributed by atoms with Gasteiger partial charge in [-0.1, -0.05) is 96.7 Å². The monoisotopic (exact) mass is 697 g/mol. The predicted octanol–water partition coefficient (Wildman–Crippen LogP) is 7.48. The van der Waals surface area contributed by atoms with E-state index >= 15 is 0 Å². The Kier molecular flexibility index (Phi) is 12.1. The number of amides is 2. The highest BCUT2D eigenvalue weighted by Gasteiger charge is 2.32. The van der Waals surface area contributed by atoms with Gasteiger partial charge in [-0.3, -0.25) is 14.8 Å². The summed E-state index contributed by atoms with van der Waals surface area (Å²) in [7, 11) is 0. The number of fused-ring (bicyclic) bond motifs is 1. The predicted molar refractivity (Wildman–Crippen MR) is 191 cm³/mol. The molecule has 0 unspecified atom stereocenters.